The number of aromatic hydroxyl groups is 1. The molecule has 2 aromatic rings. The number of carboxylic acid groups (broad SMARTS) is 1. The molecule has 0 atom stereocenters. The molecule has 0 aliphatic rings. The van der Waals surface area contributed by atoms with Gasteiger partial charge < -0.3 is 14.9 Å². The Morgan fingerprint density at radius 3 is 2.50 bits per heavy atom. The number of phenolic OH excluding ortho intramolecular Hbond substituents is 1. The summed E-state index contributed by atoms with van der Waals surface area (Å²) in [6.07, 6.45) is 1.49. The molecule has 0 aliphatic carbocycles. The lowest BCUT2D eigenvalue weighted by molar-refractivity contribution is 0.0697. The van der Waals surface area contributed by atoms with E-state index in [9.17, 15) is 9.90 Å². The van der Waals surface area contributed by atoms with Gasteiger partial charge in [0.25, 0.3) is 0 Å². The molecule has 0 aliphatic heterocycles. The Morgan fingerprint density at radius 2 is 1.90 bits per heavy atom. The quantitative estimate of drug-likeness (QED) is 0.838. The summed E-state index contributed by atoms with van der Waals surface area (Å²) in [5.41, 5.74) is 1.32. The summed E-state index contributed by atoms with van der Waals surface area (Å²) in [6.45, 7) is 0. The standard InChI is InChI=1S/C15H13NO4/c1-20-13-4-2-3-11(14(13)17)9-16-12-7-5-10(6-8-12)15(18)19/h2-9,17H,1H3,(H,18,19). The van der Waals surface area contributed by atoms with Crippen molar-refractivity contribution in [2.45, 2.75) is 0 Å². The highest BCUT2D eigenvalue weighted by atomic mass is 16.5. The molecule has 0 unspecified atom stereocenters. The van der Waals surface area contributed by atoms with Crippen molar-refractivity contribution in [1.29, 1.82) is 0 Å². The topological polar surface area (TPSA) is 79.1 Å². The Balaban J connectivity index is 2.23. The third kappa shape index (κ3) is 2.95. The Labute approximate surface area is 115 Å². The maximum Gasteiger partial charge on any atom is 0.335 e. The zero-order valence-electron chi connectivity index (χ0n) is 10.8. The predicted molar refractivity (Wildman–Crippen MR) is 75.3 cm³/mol. The van der Waals surface area contributed by atoms with Crippen molar-refractivity contribution in [2.24, 2.45) is 4.99 Å². The van der Waals surface area contributed by atoms with Crippen molar-refractivity contribution >= 4 is 17.9 Å². The molecule has 0 heterocycles. The SMILES string of the molecule is COc1cccc(C=Nc2ccc(C(=O)O)cc2)c1O. The number of benzene rings is 2. The fourth-order valence-electron chi connectivity index (χ4n) is 1.64. The van der Waals surface area contributed by atoms with Crippen molar-refractivity contribution in [1.82, 2.24) is 0 Å². The molecule has 0 fully saturated rings. The zero-order chi connectivity index (χ0) is 14.5. The van der Waals surface area contributed by atoms with E-state index in [1.807, 2.05) is 0 Å². The van der Waals surface area contributed by atoms with Gasteiger partial charge in [-0.3, -0.25) is 4.99 Å². The number of hydrogen-bond donors (Lipinski definition) is 2. The van der Waals surface area contributed by atoms with Crippen LogP contribution in [-0.2, 0) is 0 Å². The Morgan fingerprint density at radius 1 is 1.20 bits per heavy atom. The Hall–Kier alpha value is -2.82. The molecule has 2 rings (SSSR count). The number of nitrogens with zero attached hydrogens (tertiary/aromatic N) is 1. The van der Waals surface area contributed by atoms with Crippen LogP contribution < -0.4 is 4.74 Å². The number of rotatable bonds is 4. The van der Waals surface area contributed by atoms with Crippen LogP contribution in [0.3, 0.4) is 0 Å². The third-order valence-corrected chi connectivity index (χ3v) is 2.72. The van der Waals surface area contributed by atoms with Crippen LogP contribution in [0.15, 0.2) is 47.5 Å². The normalized spacial score (nSPS) is 10.7. The number of phenols is 1. The second-order valence-electron chi connectivity index (χ2n) is 4.01. The number of aliphatic imine (C=N–C) groups is 1. The fourth-order valence-corrected chi connectivity index (χ4v) is 1.64. The first-order valence-electron chi connectivity index (χ1n) is 5.85. The van der Waals surface area contributed by atoms with Gasteiger partial charge in [-0.25, -0.2) is 4.79 Å². The van der Waals surface area contributed by atoms with E-state index in [1.54, 1.807) is 30.3 Å². The van der Waals surface area contributed by atoms with E-state index >= 15 is 0 Å². The van der Waals surface area contributed by atoms with Gasteiger partial charge in [0.15, 0.2) is 11.5 Å². The number of carboxylic acids is 1. The summed E-state index contributed by atoms with van der Waals surface area (Å²) in [5.74, 6) is -0.595. The van der Waals surface area contributed by atoms with Gasteiger partial charge in [0.1, 0.15) is 0 Å². The van der Waals surface area contributed by atoms with Crippen LogP contribution in [0.2, 0.25) is 0 Å². The minimum atomic E-state index is -0.981. The van der Waals surface area contributed by atoms with Gasteiger partial charge >= 0.3 is 5.97 Å². The number of hydrogen-bond acceptors (Lipinski definition) is 4. The van der Waals surface area contributed by atoms with Gasteiger partial charge in [-0.1, -0.05) is 6.07 Å². The van der Waals surface area contributed by atoms with E-state index in [4.69, 9.17) is 9.84 Å². The molecule has 0 aromatic heterocycles. The van der Waals surface area contributed by atoms with Crippen LogP contribution in [0.5, 0.6) is 11.5 Å². The second kappa shape index (κ2) is 5.88. The third-order valence-electron chi connectivity index (χ3n) is 2.72. The Kier molecular flexibility index (Phi) is 4.00. The Bertz CT molecular complexity index is 647. The number of methoxy groups -OCH3 is 1. The van der Waals surface area contributed by atoms with Crippen molar-refractivity contribution in [3.63, 3.8) is 0 Å². The van der Waals surface area contributed by atoms with Gasteiger partial charge in [-0.2, -0.15) is 0 Å². The van der Waals surface area contributed by atoms with Crippen LogP contribution in [-0.4, -0.2) is 29.5 Å². The van der Waals surface area contributed by atoms with E-state index in [-0.39, 0.29) is 11.3 Å². The molecule has 0 radical (unpaired) electrons. The molecular weight excluding hydrogens is 258 g/mol. The van der Waals surface area contributed by atoms with E-state index in [1.165, 1.54) is 25.5 Å². The summed E-state index contributed by atoms with van der Waals surface area (Å²) in [4.78, 5) is 14.9. The highest BCUT2D eigenvalue weighted by Gasteiger charge is 2.05. The van der Waals surface area contributed by atoms with Crippen molar-refractivity contribution in [2.75, 3.05) is 7.11 Å². The molecule has 0 amide bonds. The molecule has 102 valence electrons. The molecular formula is C15H13NO4. The van der Waals surface area contributed by atoms with Gasteiger partial charge in [0.2, 0.25) is 0 Å². The number of aromatic carboxylic acids is 1. The lowest BCUT2D eigenvalue weighted by atomic mass is 10.2. The van der Waals surface area contributed by atoms with Gasteiger partial charge in [-0.15, -0.1) is 0 Å². The van der Waals surface area contributed by atoms with Crippen LogP contribution in [0, 0.1) is 0 Å². The summed E-state index contributed by atoms with van der Waals surface area (Å²) >= 11 is 0. The first kappa shape index (κ1) is 13.6. The van der Waals surface area contributed by atoms with Crippen molar-refractivity contribution in [3.05, 3.63) is 53.6 Å². The van der Waals surface area contributed by atoms with Gasteiger partial charge in [-0.05, 0) is 36.4 Å². The monoisotopic (exact) mass is 271 g/mol. The molecule has 5 heteroatoms. The second-order valence-corrected chi connectivity index (χ2v) is 4.01. The average molecular weight is 271 g/mol. The molecule has 0 saturated heterocycles. The maximum atomic E-state index is 10.7. The van der Waals surface area contributed by atoms with Gasteiger partial charge in [0, 0.05) is 11.8 Å². The molecule has 0 spiro atoms. The molecule has 0 saturated carbocycles. The summed E-state index contributed by atoms with van der Waals surface area (Å²) in [5, 5.41) is 18.7. The molecule has 2 N–H and O–H groups in total. The van der Waals surface area contributed by atoms with E-state index in [0.717, 1.165) is 0 Å². The zero-order valence-corrected chi connectivity index (χ0v) is 10.8. The van der Waals surface area contributed by atoms with E-state index in [0.29, 0.717) is 17.0 Å². The van der Waals surface area contributed by atoms with E-state index in [2.05, 4.69) is 4.99 Å². The fraction of sp³-hybridized carbons (Fsp3) is 0.0667. The largest absolute Gasteiger partial charge is 0.504 e. The average Bonchev–Trinajstić information content (AvgIpc) is 2.46. The molecule has 20 heavy (non-hydrogen) atoms. The van der Waals surface area contributed by atoms with Crippen molar-refractivity contribution in [3.8, 4) is 11.5 Å². The molecule has 0 bridgehead atoms. The van der Waals surface area contributed by atoms with Crippen molar-refractivity contribution < 1.29 is 19.7 Å². The van der Waals surface area contributed by atoms with Crippen LogP contribution >= 0.6 is 0 Å². The highest BCUT2D eigenvalue weighted by molar-refractivity contribution is 5.89. The lowest BCUT2D eigenvalue weighted by Gasteiger charge is -2.04. The molecule has 2 aromatic carbocycles. The maximum absolute atomic E-state index is 10.7. The number of para-hydroxylation sites is 1. The summed E-state index contributed by atoms with van der Waals surface area (Å²) in [6, 6.07) is 11.2. The van der Waals surface area contributed by atoms with Crippen LogP contribution in [0.4, 0.5) is 5.69 Å². The van der Waals surface area contributed by atoms with Gasteiger partial charge in [0.05, 0.1) is 18.4 Å². The summed E-state index contributed by atoms with van der Waals surface area (Å²) in [7, 11) is 1.47. The number of carbonyl (C=O) groups is 1. The smallest absolute Gasteiger partial charge is 0.335 e. The predicted octanol–water partition coefficient (Wildman–Crippen LogP) is 2.85. The molecule has 5 nitrogen and oxygen atoms in total. The lowest BCUT2D eigenvalue weighted by Crippen LogP contribution is -1.94. The van der Waals surface area contributed by atoms with Crippen LogP contribution in [0.25, 0.3) is 0 Å². The minimum absolute atomic E-state index is 0.0147. The minimum Gasteiger partial charge on any atom is -0.504 e. The highest BCUT2D eigenvalue weighted by Crippen LogP contribution is 2.28. The summed E-state index contributed by atoms with van der Waals surface area (Å²) < 4.78 is 5.00. The first-order valence-corrected chi connectivity index (χ1v) is 5.85. The first-order chi connectivity index (χ1) is 9.61. The van der Waals surface area contributed by atoms with E-state index < -0.39 is 5.97 Å². The number of ether oxygens (including phenoxy) is 1. The van der Waals surface area contributed by atoms with Crippen LogP contribution in [0.1, 0.15) is 15.9 Å².